The van der Waals surface area contributed by atoms with E-state index in [0.717, 1.165) is 17.7 Å². The Morgan fingerprint density at radius 3 is 2.39 bits per heavy atom. The minimum Gasteiger partial charge on any atom is -0.493 e. The van der Waals surface area contributed by atoms with Crippen LogP contribution in [0, 0.1) is 0 Å². The fourth-order valence-electron chi connectivity index (χ4n) is 2.83. The molecule has 1 aliphatic heterocycles. The molecule has 1 heterocycles. The van der Waals surface area contributed by atoms with Crippen molar-refractivity contribution in [3.63, 3.8) is 0 Å². The average molecular weight is 383 g/mol. The monoisotopic (exact) mass is 383 g/mol. The van der Waals surface area contributed by atoms with Crippen LogP contribution in [0.3, 0.4) is 0 Å². The van der Waals surface area contributed by atoms with Crippen molar-refractivity contribution in [3.8, 4) is 5.75 Å². The van der Waals surface area contributed by atoms with Crippen molar-refractivity contribution in [1.29, 1.82) is 0 Å². The van der Waals surface area contributed by atoms with E-state index in [-0.39, 0.29) is 12.5 Å². The SMILES string of the molecule is CC(=O)Nc1ccc(NC(=O)C(=O)NCC(O)c2ccc3c(c2)CCO3)cc1. The zero-order valence-electron chi connectivity index (χ0n) is 15.3. The number of hydrogen-bond acceptors (Lipinski definition) is 5. The van der Waals surface area contributed by atoms with Crippen LogP contribution in [0.15, 0.2) is 42.5 Å². The van der Waals surface area contributed by atoms with Gasteiger partial charge in [-0.05, 0) is 47.5 Å². The zero-order valence-corrected chi connectivity index (χ0v) is 15.3. The Balaban J connectivity index is 1.50. The summed E-state index contributed by atoms with van der Waals surface area (Å²) in [6.45, 7) is 1.93. The van der Waals surface area contributed by atoms with E-state index in [1.807, 2.05) is 6.07 Å². The third-order valence-electron chi connectivity index (χ3n) is 4.22. The molecule has 8 nitrogen and oxygen atoms in total. The van der Waals surface area contributed by atoms with Crippen LogP contribution in [-0.2, 0) is 20.8 Å². The molecular formula is C20H21N3O5. The molecule has 3 rings (SSSR count). The summed E-state index contributed by atoms with van der Waals surface area (Å²) in [6, 6.07) is 11.7. The summed E-state index contributed by atoms with van der Waals surface area (Å²) in [7, 11) is 0. The highest BCUT2D eigenvalue weighted by Crippen LogP contribution is 2.28. The van der Waals surface area contributed by atoms with Crippen LogP contribution in [0.5, 0.6) is 5.75 Å². The lowest BCUT2D eigenvalue weighted by Crippen LogP contribution is -2.37. The van der Waals surface area contributed by atoms with E-state index in [9.17, 15) is 19.5 Å². The smallest absolute Gasteiger partial charge is 0.313 e. The molecule has 0 aromatic heterocycles. The van der Waals surface area contributed by atoms with E-state index in [1.165, 1.54) is 6.92 Å². The molecule has 0 spiro atoms. The molecule has 2 aromatic rings. The predicted molar refractivity (Wildman–Crippen MR) is 103 cm³/mol. The fourth-order valence-corrected chi connectivity index (χ4v) is 2.83. The topological polar surface area (TPSA) is 117 Å². The molecule has 0 saturated heterocycles. The third-order valence-corrected chi connectivity index (χ3v) is 4.22. The van der Waals surface area contributed by atoms with Gasteiger partial charge in [-0.1, -0.05) is 6.07 Å². The summed E-state index contributed by atoms with van der Waals surface area (Å²) in [4.78, 5) is 34.9. The van der Waals surface area contributed by atoms with Crippen molar-refractivity contribution in [2.24, 2.45) is 0 Å². The van der Waals surface area contributed by atoms with Gasteiger partial charge in [0.25, 0.3) is 0 Å². The van der Waals surface area contributed by atoms with Gasteiger partial charge in [0.05, 0.1) is 12.7 Å². The van der Waals surface area contributed by atoms with Gasteiger partial charge in [-0.3, -0.25) is 14.4 Å². The Bertz CT molecular complexity index is 895. The van der Waals surface area contributed by atoms with Crippen LogP contribution in [0.1, 0.15) is 24.2 Å². The zero-order chi connectivity index (χ0) is 20.1. The summed E-state index contributed by atoms with van der Waals surface area (Å²) in [5, 5.41) is 17.7. The molecule has 0 aliphatic carbocycles. The van der Waals surface area contributed by atoms with Crippen molar-refractivity contribution in [2.75, 3.05) is 23.8 Å². The van der Waals surface area contributed by atoms with Crippen molar-refractivity contribution in [2.45, 2.75) is 19.4 Å². The van der Waals surface area contributed by atoms with Crippen molar-refractivity contribution in [3.05, 3.63) is 53.6 Å². The number of aliphatic hydroxyl groups excluding tert-OH is 1. The summed E-state index contributed by atoms with van der Waals surface area (Å²) < 4.78 is 5.42. The highest BCUT2D eigenvalue weighted by molar-refractivity contribution is 6.39. The molecule has 146 valence electrons. The Morgan fingerprint density at radius 2 is 1.71 bits per heavy atom. The van der Waals surface area contributed by atoms with Gasteiger partial charge in [-0.25, -0.2) is 0 Å². The van der Waals surface area contributed by atoms with E-state index >= 15 is 0 Å². The van der Waals surface area contributed by atoms with Crippen LogP contribution in [0.25, 0.3) is 0 Å². The number of aliphatic hydroxyl groups is 1. The predicted octanol–water partition coefficient (Wildman–Crippen LogP) is 1.37. The van der Waals surface area contributed by atoms with Gasteiger partial charge in [0.15, 0.2) is 0 Å². The molecular weight excluding hydrogens is 362 g/mol. The first kappa shape index (κ1) is 19.4. The molecule has 1 atom stereocenters. The molecule has 1 aliphatic rings. The Hall–Kier alpha value is -3.39. The first-order chi connectivity index (χ1) is 13.4. The van der Waals surface area contributed by atoms with Crippen molar-refractivity contribution in [1.82, 2.24) is 5.32 Å². The second kappa shape index (κ2) is 8.53. The third kappa shape index (κ3) is 4.86. The van der Waals surface area contributed by atoms with Gasteiger partial charge < -0.3 is 25.8 Å². The van der Waals surface area contributed by atoms with E-state index in [4.69, 9.17) is 4.74 Å². The van der Waals surface area contributed by atoms with Gasteiger partial charge in [0.1, 0.15) is 5.75 Å². The van der Waals surface area contributed by atoms with E-state index in [1.54, 1.807) is 36.4 Å². The lowest BCUT2D eigenvalue weighted by Gasteiger charge is -2.13. The standard InChI is InChI=1S/C20H21N3O5/c1-12(24)22-15-3-5-16(6-4-15)23-20(27)19(26)21-11-17(25)13-2-7-18-14(10-13)8-9-28-18/h2-7,10,17,25H,8-9,11H2,1H3,(H,21,26)(H,22,24)(H,23,27). The fraction of sp³-hybridized carbons (Fsp3) is 0.250. The summed E-state index contributed by atoms with van der Waals surface area (Å²) in [5.41, 5.74) is 2.66. The van der Waals surface area contributed by atoms with Crippen molar-refractivity contribution < 1.29 is 24.2 Å². The summed E-state index contributed by atoms with van der Waals surface area (Å²) >= 11 is 0. The van der Waals surface area contributed by atoms with Crippen LogP contribution >= 0.6 is 0 Å². The number of fused-ring (bicyclic) bond motifs is 1. The minimum atomic E-state index is -0.931. The van der Waals surface area contributed by atoms with E-state index in [2.05, 4.69) is 16.0 Å². The van der Waals surface area contributed by atoms with Gasteiger partial charge in [0, 0.05) is 31.3 Å². The lowest BCUT2D eigenvalue weighted by atomic mass is 10.0. The molecule has 4 N–H and O–H groups in total. The number of amides is 3. The normalized spacial score (nSPS) is 13.1. The van der Waals surface area contributed by atoms with Crippen LogP contribution in [0.2, 0.25) is 0 Å². The lowest BCUT2D eigenvalue weighted by molar-refractivity contribution is -0.136. The molecule has 1 unspecified atom stereocenters. The largest absolute Gasteiger partial charge is 0.493 e. The van der Waals surface area contributed by atoms with Crippen LogP contribution < -0.4 is 20.7 Å². The molecule has 3 amide bonds. The van der Waals surface area contributed by atoms with Gasteiger partial charge in [0.2, 0.25) is 5.91 Å². The van der Waals surface area contributed by atoms with Gasteiger partial charge >= 0.3 is 11.8 Å². The van der Waals surface area contributed by atoms with Crippen LogP contribution in [0.4, 0.5) is 11.4 Å². The molecule has 0 fully saturated rings. The Morgan fingerprint density at radius 1 is 1.04 bits per heavy atom. The van der Waals surface area contributed by atoms with Crippen LogP contribution in [-0.4, -0.2) is 36.0 Å². The quantitative estimate of drug-likeness (QED) is 0.582. The Labute approximate surface area is 161 Å². The first-order valence-corrected chi connectivity index (χ1v) is 8.83. The maximum absolute atomic E-state index is 12.0. The Kier molecular flexibility index (Phi) is 5.90. The highest BCUT2D eigenvalue weighted by atomic mass is 16.5. The number of rotatable bonds is 5. The second-order valence-corrected chi connectivity index (χ2v) is 6.40. The number of carbonyl (C=O) groups excluding carboxylic acids is 3. The molecule has 8 heteroatoms. The number of benzene rings is 2. The molecule has 0 saturated carbocycles. The first-order valence-electron chi connectivity index (χ1n) is 8.83. The molecule has 2 aromatic carbocycles. The van der Waals surface area contributed by atoms with Gasteiger partial charge in [-0.2, -0.15) is 0 Å². The second-order valence-electron chi connectivity index (χ2n) is 6.40. The number of hydrogen-bond donors (Lipinski definition) is 4. The summed E-state index contributed by atoms with van der Waals surface area (Å²) in [6.07, 6.45) is -0.148. The number of carbonyl (C=O) groups is 3. The molecule has 0 bridgehead atoms. The molecule has 28 heavy (non-hydrogen) atoms. The van der Waals surface area contributed by atoms with E-state index < -0.39 is 17.9 Å². The maximum atomic E-state index is 12.0. The minimum absolute atomic E-state index is 0.0899. The summed E-state index contributed by atoms with van der Waals surface area (Å²) in [5.74, 6) is -1.09. The van der Waals surface area contributed by atoms with E-state index in [0.29, 0.717) is 23.5 Å². The van der Waals surface area contributed by atoms with Gasteiger partial charge in [-0.15, -0.1) is 0 Å². The maximum Gasteiger partial charge on any atom is 0.313 e. The number of anilines is 2. The molecule has 0 radical (unpaired) electrons. The number of nitrogens with one attached hydrogen (secondary N) is 3. The van der Waals surface area contributed by atoms with Crippen molar-refractivity contribution >= 4 is 29.1 Å². The number of ether oxygens (including phenoxy) is 1. The highest BCUT2D eigenvalue weighted by Gasteiger charge is 2.18. The average Bonchev–Trinajstić information content (AvgIpc) is 3.14.